The van der Waals surface area contributed by atoms with E-state index in [4.69, 9.17) is 0 Å². The Kier molecular flexibility index (Phi) is 9.87. The van der Waals surface area contributed by atoms with Crippen molar-refractivity contribution in [2.75, 3.05) is 6.61 Å². The zero-order valence-corrected chi connectivity index (χ0v) is 8.81. The van der Waals surface area contributed by atoms with Gasteiger partial charge in [0.15, 0.2) is 12.4 Å². The third-order valence-corrected chi connectivity index (χ3v) is 2.02. The molecular formula is C9H17ClO3. The molecule has 0 rings (SSSR count). The Hall–Kier alpha value is -0.120. The van der Waals surface area contributed by atoms with Crippen molar-refractivity contribution in [1.82, 2.24) is 0 Å². The molecule has 78 valence electrons. The second-order valence-electron chi connectivity index (χ2n) is 3.02. The lowest BCUT2D eigenvalue weighted by Gasteiger charge is -1.97. The highest BCUT2D eigenvalue weighted by Crippen LogP contribution is 2.05. The molecular weight excluding hydrogens is 192 g/mol. The van der Waals surface area contributed by atoms with Crippen LogP contribution in [0.1, 0.15) is 45.4 Å². The number of rotatable bonds is 9. The van der Waals surface area contributed by atoms with Crippen LogP contribution in [0.5, 0.6) is 0 Å². The summed E-state index contributed by atoms with van der Waals surface area (Å²) >= 11 is 0.417. The van der Waals surface area contributed by atoms with E-state index in [2.05, 4.69) is 11.2 Å². The van der Waals surface area contributed by atoms with E-state index in [9.17, 15) is 9.45 Å². The summed E-state index contributed by atoms with van der Waals surface area (Å²) in [5.41, 5.74) is 0. The fourth-order valence-electron chi connectivity index (χ4n) is 1.08. The number of halogens is 1. The van der Waals surface area contributed by atoms with Gasteiger partial charge in [0.25, 0.3) is 0 Å². The van der Waals surface area contributed by atoms with Gasteiger partial charge in [-0.1, -0.05) is 36.9 Å². The topological polar surface area (TPSA) is 49.4 Å². The van der Waals surface area contributed by atoms with Crippen molar-refractivity contribution in [3.8, 4) is 0 Å². The lowest BCUT2D eigenvalue weighted by atomic mass is 10.1. The normalized spacial score (nSPS) is 10.3. The van der Waals surface area contributed by atoms with Crippen molar-refractivity contribution in [1.29, 1.82) is 0 Å². The molecule has 0 spiro atoms. The fraction of sp³-hybridized carbons (Fsp3) is 0.889. The molecule has 0 saturated carbocycles. The molecule has 0 atom stereocenters. The highest BCUT2D eigenvalue weighted by Gasteiger charge is 2.04. The first-order valence-electron chi connectivity index (χ1n) is 4.72. The third kappa shape index (κ3) is 9.80. The van der Waals surface area contributed by atoms with Crippen LogP contribution < -0.4 is 4.66 Å². The van der Waals surface area contributed by atoms with Crippen molar-refractivity contribution >= 4 is 5.78 Å². The molecule has 0 fully saturated rings. The van der Waals surface area contributed by atoms with Crippen LogP contribution in [0, 0.1) is 11.3 Å². The second kappa shape index (κ2) is 9.96. The summed E-state index contributed by atoms with van der Waals surface area (Å²) in [5, 5.41) is 0. The van der Waals surface area contributed by atoms with Gasteiger partial charge in [0.05, 0.1) is 0 Å². The van der Waals surface area contributed by atoms with Crippen molar-refractivity contribution in [3.05, 3.63) is 0 Å². The average molecular weight is 209 g/mol. The number of hydrogen-bond donors (Lipinski definition) is 0. The highest BCUT2D eigenvalue weighted by molar-refractivity contribution is 5.79. The van der Waals surface area contributed by atoms with Crippen LogP contribution >= 0.6 is 0 Å². The van der Waals surface area contributed by atoms with Crippen LogP contribution in [0.4, 0.5) is 0 Å². The fourth-order valence-corrected chi connectivity index (χ4v) is 1.25. The number of hydrogen-bond acceptors (Lipinski definition) is 3. The molecule has 0 N–H and O–H groups in total. The van der Waals surface area contributed by atoms with Crippen molar-refractivity contribution in [2.24, 2.45) is 0 Å². The summed E-state index contributed by atoms with van der Waals surface area (Å²) in [5.74, 6) is 0.0137. The maximum absolute atomic E-state index is 10.9. The van der Waals surface area contributed by atoms with Gasteiger partial charge in [0.2, 0.25) is 0 Å². The Labute approximate surface area is 83.5 Å². The van der Waals surface area contributed by atoms with E-state index in [-0.39, 0.29) is 12.4 Å². The summed E-state index contributed by atoms with van der Waals surface area (Å²) in [6, 6.07) is 0. The molecule has 4 heteroatoms. The van der Waals surface area contributed by atoms with E-state index < -0.39 is 0 Å². The van der Waals surface area contributed by atoms with Crippen LogP contribution in [0.25, 0.3) is 0 Å². The number of carbonyl (C=O) groups excluding carboxylic acids is 1. The van der Waals surface area contributed by atoms with E-state index in [0.717, 1.165) is 12.8 Å². The lowest BCUT2D eigenvalue weighted by Crippen LogP contribution is -2.12. The van der Waals surface area contributed by atoms with E-state index in [1.165, 1.54) is 19.3 Å². The summed E-state index contributed by atoms with van der Waals surface area (Å²) in [6.45, 7) is 2.09. The molecule has 0 radical (unpaired) electrons. The molecule has 0 aromatic carbocycles. The van der Waals surface area contributed by atoms with Gasteiger partial charge in [-0.05, 0) is 6.42 Å². The predicted octanol–water partition coefficient (Wildman–Crippen LogP) is 1.21. The van der Waals surface area contributed by atoms with Gasteiger partial charge in [-0.25, -0.2) is 0 Å². The Morgan fingerprint density at radius 2 is 2.00 bits per heavy atom. The van der Waals surface area contributed by atoms with Gasteiger partial charge in [-0.2, -0.15) is 0 Å². The van der Waals surface area contributed by atoms with Crippen LogP contribution in [0.2, 0.25) is 0 Å². The first-order valence-corrected chi connectivity index (χ1v) is 5.33. The molecule has 0 saturated heterocycles. The Morgan fingerprint density at radius 1 is 1.31 bits per heavy atom. The average Bonchev–Trinajstić information content (AvgIpc) is 2.14. The van der Waals surface area contributed by atoms with Gasteiger partial charge < -0.3 is 4.66 Å². The number of ketones is 1. The minimum Gasteiger partial charge on any atom is -0.506 e. The Morgan fingerprint density at radius 3 is 2.62 bits per heavy atom. The van der Waals surface area contributed by atoms with Crippen molar-refractivity contribution in [3.63, 3.8) is 0 Å². The minimum atomic E-state index is -0.0644. The standard InChI is InChI=1S/C9H17ClO3/c1-2-3-4-5-6-7-9(11)8-13-10-12/h2-8H2,1H3. The monoisotopic (exact) mass is 208 g/mol. The molecule has 0 heterocycles. The molecule has 0 aliphatic carbocycles. The molecule has 0 aliphatic rings. The highest BCUT2D eigenvalue weighted by atomic mass is 35.6. The molecule has 0 unspecified atom stereocenters. The second-order valence-corrected chi connectivity index (χ2v) is 3.36. The van der Waals surface area contributed by atoms with Crippen LogP contribution in [0.15, 0.2) is 0 Å². The zero-order chi connectivity index (χ0) is 9.94. The molecule has 0 amide bonds. The molecule has 13 heavy (non-hydrogen) atoms. The lowest BCUT2D eigenvalue weighted by molar-refractivity contribution is -1.27. The molecule has 0 aliphatic heterocycles. The summed E-state index contributed by atoms with van der Waals surface area (Å²) in [7, 11) is 0. The predicted molar refractivity (Wildman–Crippen MR) is 44.3 cm³/mol. The quantitative estimate of drug-likeness (QED) is 0.535. The summed E-state index contributed by atoms with van der Waals surface area (Å²) in [4.78, 5) is 10.9. The van der Waals surface area contributed by atoms with Crippen LogP contribution in [-0.4, -0.2) is 12.4 Å². The number of unbranched alkanes of at least 4 members (excludes halogenated alkanes) is 4. The van der Waals surface area contributed by atoms with Gasteiger partial charge in [0.1, 0.15) is 0 Å². The maximum Gasteiger partial charge on any atom is 0.331 e. The van der Waals surface area contributed by atoms with Gasteiger partial charge in [-0.3, -0.25) is 4.79 Å². The Balaban J connectivity index is 3.08. The van der Waals surface area contributed by atoms with Gasteiger partial charge in [-0.15, -0.1) is 0 Å². The minimum absolute atomic E-state index is 0.0137. The van der Waals surface area contributed by atoms with E-state index in [1.54, 1.807) is 0 Å². The SMILES string of the molecule is CCCCCCCC(=O)CO[Cl+][O-]. The first-order chi connectivity index (χ1) is 6.31. The molecule has 0 aromatic rings. The van der Waals surface area contributed by atoms with Gasteiger partial charge in [0, 0.05) is 6.42 Å². The maximum atomic E-state index is 10.9. The van der Waals surface area contributed by atoms with Crippen LogP contribution in [0.3, 0.4) is 0 Å². The summed E-state index contributed by atoms with van der Waals surface area (Å²) in [6.07, 6.45) is 6.19. The van der Waals surface area contributed by atoms with Crippen molar-refractivity contribution < 1.29 is 25.1 Å². The first kappa shape index (κ1) is 12.9. The third-order valence-electron chi connectivity index (χ3n) is 1.82. The van der Waals surface area contributed by atoms with E-state index >= 15 is 0 Å². The summed E-state index contributed by atoms with van der Waals surface area (Å²) < 4.78 is 14.1. The van der Waals surface area contributed by atoms with Gasteiger partial charge >= 0.3 is 11.3 Å². The van der Waals surface area contributed by atoms with Crippen molar-refractivity contribution in [2.45, 2.75) is 45.4 Å². The number of Topliss-reactive ketones (excluding diaryl/α,β-unsaturated/α-hetero) is 1. The molecule has 0 aromatic heterocycles. The largest absolute Gasteiger partial charge is 0.506 e. The van der Waals surface area contributed by atoms with Crippen LogP contribution in [-0.2, 0) is 9.08 Å². The smallest absolute Gasteiger partial charge is 0.331 e. The molecule has 0 bridgehead atoms. The van der Waals surface area contributed by atoms with E-state index in [0.29, 0.717) is 17.7 Å². The number of carbonyl (C=O) groups is 1. The Bertz CT molecular complexity index is 128. The van der Waals surface area contributed by atoms with E-state index in [1.807, 2.05) is 0 Å². The zero-order valence-electron chi connectivity index (χ0n) is 8.05. The molecule has 3 nitrogen and oxygen atoms in total.